The Morgan fingerprint density at radius 1 is 1.27 bits per heavy atom. The molecule has 1 unspecified atom stereocenters. The molecular formula is C18H19ClN2O5. The van der Waals surface area contributed by atoms with E-state index in [9.17, 15) is 14.4 Å². The number of carboxylic acids is 1. The Kier molecular flexibility index (Phi) is 6.41. The SMILES string of the molecule is CC(C(=O)O)N(C)C(=O)c1ccc(=O)n(CCOc2ccccc2Cl)c1. The molecule has 1 N–H and O–H groups in total. The van der Waals surface area contributed by atoms with Gasteiger partial charge in [-0.2, -0.15) is 0 Å². The minimum Gasteiger partial charge on any atom is -0.490 e. The Labute approximate surface area is 155 Å². The van der Waals surface area contributed by atoms with E-state index in [-0.39, 0.29) is 24.3 Å². The maximum Gasteiger partial charge on any atom is 0.326 e. The molecule has 7 nitrogen and oxygen atoms in total. The van der Waals surface area contributed by atoms with E-state index >= 15 is 0 Å². The summed E-state index contributed by atoms with van der Waals surface area (Å²) in [4.78, 5) is 36.5. The summed E-state index contributed by atoms with van der Waals surface area (Å²) in [6.07, 6.45) is 1.39. The molecule has 0 saturated carbocycles. The number of rotatable bonds is 7. The van der Waals surface area contributed by atoms with Crippen LogP contribution in [0.2, 0.25) is 5.02 Å². The van der Waals surface area contributed by atoms with Crippen molar-refractivity contribution >= 4 is 23.5 Å². The van der Waals surface area contributed by atoms with Gasteiger partial charge in [0.05, 0.1) is 17.1 Å². The molecule has 2 rings (SSSR count). The Balaban J connectivity index is 2.09. The van der Waals surface area contributed by atoms with Crippen LogP contribution in [0.15, 0.2) is 47.4 Å². The summed E-state index contributed by atoms with van der Waals surface area (Å²) in [7, 11) is 1.40. The van der Waals surface area contributed by atoms with Crippen LogP contribution in [-0.2, 0) is 11.3 Å². The summed E-state index contributed by atoms with van der Waals surface area (Å²) < 4.78 is 6.89. The number of aromatic nitrogens is 1. The summed E-state index contributed by atoms with van der Waals surface area (Å²) in [5.74, 6) is -1.09. The number of carbonyl (C=O) groups is 2. The number of likely N-dealkylation sites (N-methyl/N-ethyl adjacent to an activating group) is 1. The third-order valence-electron chi connectivity index (χ3n) is 3.92. The van der Waals surface area contributed by atoms with Crippen LogP contribution in [0, 0.1) is 0 Å². The third kappa shape index (κ3) is 4.64. The molecule has 0 bridgehead atoms. The van der Waals surface area contributed by atoms with Crippen molar-refractivity contribution in [3.05, 3.63) is 63.5 Å². The van der Waals surface area contributed by atoms with Crippen molar-refractivity contribution in [3.63, 3.8) is 0 Å². The topological polar surface area (TPSA) is 88.8 Å². The second kappa shape index (κ2) is 8.53. The number of pyridine rings is 1. The third-order valence-corrected chi connectivity index (χ3v) is 4.23. The van der Waals surface area contributed by atoms with Crippen molar-refractivity contribution in [3.8, 4) is 5.75 Å². The zero-order valence-electron chi connectivity index (χ0n) is 14.4. The van der Waals surface area contributed by atoms with Crippen LogP contribution in [-0.4, -0.2) is 46.1 Å². The lowest BCUT2D eigenvalue weighted by atomic mass is 10.2. The number of aliphatic carboxylic acids is 1. The normalized spacial score (nSPS) is 11.7. The number of hydrogen-bond acceptors (Lipinski definition) is 4. The fraction of sp³-hybridized carbons (Fsp3) is 0.278. The van der Waals surface area contributed by atoms with Gasteiger partial charge in [-0.25, -0.2) is 4.79 Å². The first kappa shape index (κ1) is 19.5. The van der Waals surface area contributed by atoms with Crippen molar-refractivity contribution in [1.29, 1.82) is 0 Å². The first-order chi connectivity index (χ1) is 12.3. The molecule has 0 spiro atoms. The second-order valence-corrected chi connectivity index (χ2v) is 6.07. The van der Waals surface area contributed by atoms with Gasteiger partial charge in [-0.05, 0) is 25.1 Å². The number of carboxylic acid groups (broad SMARTS) is 1. The quantitative estimate of drug-likeness (QED) is 0.797. The molecule has 1 aromatic carbocycles. The number of ether oxygens (including phenoxy) is 1. The smallest absolute Gasteiger partial charge is 0.326 e. The maximum atomic E-state index is 12.4. The van der Waals surface area contributed by atoms with Gasteiger partial charge in [-0.1, -0.05) is 23.7 Å². The lowest BCUT2D eigenvalue weighted by molar-refractivity contribution is -0.141. The average molecular weight is 379 g/mol. The highest BCUT2D eigenvalue weighted by molar-refractivity contribution is 6.32. The minimum absolute atomic E-state index is 0.183. The van der Waals surface area contributed by atoms with Crippen LogP contribution in [0.4, 0.5) is 0 Å². The Hall–Kier alpha value is -2.80. The monoisotopic (exact) mass is 378 g/mol. The Morgan fingerprint density at radius 3 is 2.62 bits per heavy atom. The van der Waals surface area contributed by atoms with E-state index in [1.807, 2.05) is 0 Å². The lowest BCUT2D eigenvalue weighted by Crippen LogP contribution is -2.40. The van der Waals surface area contributed by atoms with Gasteiger partial charge in [0, 0.05) is 19.3 Å². The molecule has 26 heavy (non-hydrogen) atoms. The molecule has 0 aliphatic carbocycles. The highest BCUT2D eigenvalue weighted by Gasteiger charge is 2.23. The standard InChI is InChI=1S/C18H19ClN2O5/c1-12(18(24)25)20(2)17(23)13-7-8-16(22)21(11-13)9-10-26-15-6-4-3-5-14(15)19/h3-8,11-12H,9-10H2,1-2H3,(H,24,25). The van der Waals surface area contributed by atoms with E-state index in [1.54, 1.807) is 24.3 Å². The molecule has 0 aliphatic rings. The summed E-state index contributed by atoms with van der Waals surface area (Å²) in [6, 6.07) is 8.64. The van der Waals surface area contributed by atoms with Gasteiger partial charge in [0.25, 0.3) is 11.5 Å². The zero-order valence-corrected chi connectivity index (χ0v) is 15.1. The summed E-state index contributed by atoms with van der Waals surface area (Å²) in [5, 5.41) is 9.48. The van der Waals surface area contributed by atoms with Crippen molar-refractivity contribution in [1.82, 2.24) is 9.47 Å². The molecule has 1 atom stereocenters. The van der Waals surface area contributed by atoms with Crippen LogP contribution >= 0.6 is 11.6 Å². The molecule has 0 fully saturated rings. The molecule has 1 aromatic heterocycles. The summed E-state index contributed by atoms with van der Waals surface area (Å²) in [6.45, 7) is 1.81. The van der Waals surface area contributed by atoms with Crippen LogP contribution in [0.5, 0.6) is 5.75 Å². The largest absolute Gasteiger partial charge is 0.490 e. The van der Waals surface area contributed by atoms with E-state index in [0.29, 0.717) is 10.8 Å². The number of amides is 1. The first-order valence-electron chi connectivity index (χ1n) is 7.89. The second-order valence-electron chi connectivity index (χ2n) is 5.66. The molecule has 1 amide bonds. The Morgan fingerprint density at radius 2 is 1.96 bits per heavy atom. The van der Waals surface area contributed by atoms with Crippen molar-refractivity contribution in [2.24, 2.45) is 0 Å². The molecule has 138 valence electrons. The average Bonchev–Trinajstić information content (AvgIpc) is 2.62. The fourth-order valence-corrected chi connectivity index (χ4v) is 2.38. The van der Waals surface area contributed by atoms with Gasteiger partial charge in [0.1, 0.15) is 18.4 Å². The number of carbonyl (C=O) groups excluding carboxylic acids is 1. The first-order valence-corrected chi connectivity index (χ1v) is 8.27. The predicted molar refractivity (Wildman–Crippen MR) is 96.8 cm³/mol. The van der Waals surface area contributed by atoms with E-state index in [4.69, 9.17) is 21.4 Å². The summed E-state index contributed by atoms with van der Waals surface area (Å²) in [5.41, 5.74) is -0.0730. The maximum absolute atomic E-state index is 12.4. The van der Waals surface area contributed by atoms with Crippen molar-refractivity contribution < 1.29 is 19.4 Å². The van der Waals surface area contributed by atoms with Gasteiger partial charge >= 0.3 is 5.97 Å². The minimum atomic E-state index is -1.11. The number of hydrogen-bond donors (Lipinski definition) is 1. The van der Waals surface area contributed by atoms with Crippen LogP contribution in [0.3, 0.4) is 0 Å². The van der Waals surface area contributed by atoms with E-state index in [1.165, 1.54) is 36.9 Å². The van der Waals surface area contributed by atoms with Gasteiger partial charge in [-0.15, -0.1) is 0 Å². The highest BCUT2D eigenvalue weighted by atomic mass is 35.5. The van der Waals surface area contributed by atoms with E-state index in [0.717, 1.165) is 4.90 Å². The number of nitrogens with zero attached hydrogens (tertiary/aromatic N) is 2. The molecule has 1 heterocycles. The van der Waals surface area contributed by atoms with Crippen molar-refractivity contribution in [2.75, 3.05) is 13.7 Å². The molecule has 0 radical (unpaired) electrons. The van der Waals surface area contributed by atoms with Crippen LogP contribution < -0.4 is 10.3 Å². The van der Waals surface area contributed by atoms with Crippen LogP contribution in [0.1, 0.15) is 17.3 Å². The molecule has 0 aliphatic heterocycles. The Bertz CT molecular complexity index is 865. The number of benzene rings is 1. The van der Waals surface area contributed by atoms with Gasteiger partial charge in [0.2, 0.25) is 0 Å². The molecule has 0 saturated heterocycles. The highest BCUT2D eigenvalue weighted by Crippen LogP contribution is 2.22. The fourth-order valence-electron chi connectivity index (χ4n) is 2.19. The molecular weight excluding hydrogens is 360 g/mol. The van der Waals surface area contributed by atoms with Crippen molar-refractivity contribution in [2.45, 2.75) is 19.5 Å². The molecule has 8 heteroatoms. The van der Waals surface area contributed by atoms with E-state index in [2.05, 4.69) is 0 Å². The molecule has 2 aromatic rings. The van der Waals surface area contributed by atoms with Crippen LogP contribution in [0.25, 0.3) is 0 Å². The lowest BCUT2D eigenvalue weighted by Gasteiger charge is -2.21. The van der Waals surface area contributed by atoms with Gasteiger partial charge in [-0.3, -0.25) is 9.59 Å². The summed E-state index contributed by atoms with van der Waals surface area (Å²) >= 11 is 6.00. The number of para-hydroxylation sites is 1. The van der Waals surface area contributed by atoms with Gasteiger partial charge in [0.15, 0.2) is 0 Å². The van der Waals surface area contributed by atoms with E-state index < -0.39 is 17.9 Å². The van der Waals surface area contributed by atoms with Gasteiger partial charge < -0.3 is 19.3 Å². The predicted octanol–water partition coefficient (Wildman–Crippen LogP) is 2.13. The number of halogens is 1. The zero-order chi connectivity index (χ0) is 19.3.